The molecule has 4 rings (SSSR count). The number of Topliss-reactive ketones (excluding diaryl/α,β-unsaturated/α-hetero) is 1. The van der Waals surface area contributed by atoms with E-state index in [4.69, 9.17) is 9.47 Å². The van der Waals surface area contributed by atoms with E-state index >= 15 is 0 Å². The van der Waals surface area contributed by atoms with Gasteiger partial charge in [0.25, 0.3) is 11.7 Å². The molecule has 3 aromatic rings. The van der Waals surface area contributed by atoms with Crippen LogP contribution in [0.3, 0.4) is 0 Å². The van der Waals surface area contributed by atoms with E-state index in [2.05, 4.69) is 11.9 Å². The Morgan fingerprint density at radius 3 is 2.45 bits per heavy atom. The smallest absolute Gasteiger partial charge is 0.295 e. The van der Waals surface area contributed by atoms with Crippen LogP contribution in [0.5, 0.6) is 11.5 Å². The van der Waals surface area contributed by atoms with Gasteiger partial charge in [0.15, 0.2) is 0 Å². The number of aryl methyl sites for hydroxylation is 1. The molecule has 1 fully saturated rings. The number of ether oxygens (including phenoxy) is 2. The van der Waals surface area contributed by atoms with E-state index in [9.17, 15) is 14.7 Å². The summed E-state index contributed by atoms with van der Waals surface area (Å²) in [6.07, 6.45) is 8.72. The molecule has 0 spiro atoms. The summed E-state index contributed by atoms with van der Waals surface area (Å²) < 4.78 is 13.5. The highest BCUT2D eigenvalue weighted by molar-refractivity contribution is 6.46. The number of unbranched alkanes of at least 4 members (excludes halogenated alkanes) is 1. The van der Waals surface area contributed by atoms with Gasteiger partial charge in [0, 0.05) is 31.0 Å². The zero-order valence-corrected chi connectivity index (χ0v) is 22.0. The second-order valence-electron chi connectivity index (χ2n) is 9.29. The Bertz CT molecular complexity index is 1250. The number of ketones is 1. The average Bonchev–Trinajstić information content (AvgIpc) is 3.54. The maximum atomic E-state index is 13.3. The summed E-state index contributed by atoms with van der Waals surface area (Å²) in [5, 5.41) is 11.3. The van der Waals surface area contributed by atoms with Gasteiger partial charge in [0.1, 0.15) is 17.3 Å². The first-order valence-electron chi connectivity index (χ1n) is 13.2. The summed E-state index contributed by atoms with van der Waals surface area (Å²) in [6.45, 7) is 6.28. The van der Waals surface area contributed by atoms with Crippen molar-refractivity contribution in [2.45, 2.75) is 52.1 Å². The third-order valence-corrected chi connectivity index (χ3v) is 6.46. The van der Waals surface area contributed by atoms with Crippen molar-refractivity contribution in [1.82, 2.24) is 14.5 Å². The average molecular weight is 518 g/mol. The van der Waals surface area contributed by atoms with Gasteiger partial charge in [-0.05, 0) is 61.2 Å². The SMILES string of the molecule is CCCCOc1cccc(C2C(=C(O)c3ccc(OCCC)cc3)C(=O)C(=O)N2CCCn2ccnc2)c1. The number of aromatic nitrogens is 2. The minimum Gasteiger partial charge on any atom is -0.507 e. The molecule has 0 bridgehead atoms. The fraction of sp³-hybridized carbons (Fsp3) is 0.367. The Hall–Kier alpha value is -4.07. The van der Waals surface area contributed by atoms with E-state index in [-0.39, 0.29) is 11.3 Å². The Kier molecular flexibility index (Phi) is 9.19. The van der Waals surface area contributed by atoms with Crippen LogP contribution in [-0.2, 0) is 16.1 Å². The Labute approximate surface area is 223 Å². The molecule has 1 N–H and O–H groups in total. The van der Waals surface area contributed by atoms with Crippen molar-refractivity contribution >= 4 is 17.4 Å². The predicted octanol–water partition coefficient (Wildman–Crippen LogP) is 5.36. The first-order chi connectivity index (χ1) is 18.5. The molecule has 0 saturated carbocycles. The number of aliphatic hydroxyl groups excluding tert-OH is 1. The van der Waals surface area contributed by atoms with Crippen LogP contribution in [-0.4, -0.2) is 51.0 Å². The van der Waals surface area contributed by atoms with Gasteiger partial charge in [0.2, 0.25) is 0 Å². The first-order valence-corrected chi connectivity index (χ1v) is 13.2. The fourth-order valence-corrected chi connectivity index (χ4v) is 4.49. The predicted molar refractivity (Wildman–Crippen MR) is 145 cm³/mol. The van der Waals surface area contributed by atoms with Crippen LogP contribution in [0.2, 0.25) is 0 Å². The normalized spacial score (nSPS) is 16.7. The lowest BCUT2D eigenvalue weighted by molar-refractivity contribution is -0.139. The number of rotatable bonds is 13. The zero-order chi connectivity index (χ0) is 26.9. The van der Waals surface area contributed by atoms with Crippen molar-refractivity contribution in [2.24, 2.45) is 0 Å². The molecule has 1 saturated heterocycles. The molecular formula is C30H35N3O5. The number of imidazole rings is 1. The number of hydrogen-bond donors (Lipinski definition) is 1. The highest BCUT2D eigenvalue weighted by atomic mass is 16.5. The van der Waals surface area contributed by atoms with E-state index in [0.29, 0.717) is 55.4 Å². The van der Waals surface area contributed by atoms with Gasteiger partial charge in [-0.15, -0.1) is 0 Å². The molecule has 0 aliphatic carbocycles. The molecule has 1 atom stereocenters. The molecule has 8 nitrogen and oxygen atoms in total. The maximum Gasteiger partial charge on any atom is 0.295 e. The van der Waals surface area contributed by atoms with E-state index in [1.54, 1.807) is 41.7 Å². The summed E-state index contributed by atoms with van der Waals surface area (Å²) in [6, 6.07) is 13.6. The summed E-state index contributed by atoms with van der Waals surface area (Å²) in [7, 11) is 0. The van der Waals surface area contributed by atoms with Gasteiger partial charge in [0.05, 0.1) is 31.2 Å². The van der Waals surface area contributed by atoms with Crippen molar-refractivity contribution in [1.29, 1.82) is 0 Å². The van der Waals surface area contributed by atoms with Crippen LogP contribution >= 0.6 is 0 Å². The van der Waals surface area contributed by atoms with Crippen molar-refractivity contribution < 1.29 is 24.2 Å². The van der Waals surface area contributed by atoms with E-state index in [1.807, 2.05) is 42.0 Å². The van der Waals surface area contributed by atoms with E-state index in [0.717, 1.165) is 19.3 Å². The molecule has 1 amide bonds. The number of nitrogens with zero attached hydrogens (tertiary/aromatic N) is 3. The third-order valence-electron chi connectivity index (χ3n) is 6.46. The molecule has 1 aliphatic rings. The molecule has 1 aliphatic heterocycles. The fourth-order valence-electron chi connectivity index (χ4n) is 4.49. The summed E-state index contributed by atoms with van der Waals surface area (Å²) in [4.78, 5) is 32.2. The van der Waals surface area contributed by atoms with Crippen LogP contribution in [0.4, 0.5) is 0 Å². The van der Waals surface area contributed by atoms with Gasteiger partial charge < -0.3 is 24.0 Å². The topological polar surface area (TPSA) is 93.9 Å². The van der Waals surface area contributed by atoms with Crippen LogP contribution in [0.15, 0.2) is 72.8 Å². The minimum absolute atomic E-state index is 0.0746. The lowest BCUT2D eigenvalue weighted by atomic mass is 9.95. The van der Waals surface area contributed by atoms with Gasteiger partial charge in [-0.3, -0.25) is 9.59 Å². The second-order valence-corrected chi connectivity index (χ2v) is 9.29. The summed E-state index contributed by atoms with van der Waals surface area (Å²) in [5.41, 5.74) is 1.24. The number of likely N-dealkylation sites (tertiary alicyclic amines) is 1. The molecular weight excluding hydrogens is 482 g/mol. The van der Waals surface area contributed by atoms with Gasteiger partial charge in [-0.25, -0.2) is 4.98 Å². The molecule has 200 valence electrons. The molecule has 2 heterocycles. The maximum absolute atomic E-state index is 13.3. The monoisotopic (exact) mass is 517 g/mol. The largest absolute Gasteiger partial charge is 0.507 e. The van der Waals surface area contributed by atoms with Crippen LogP contribution in [0, 0.1) is 0 Å². The highest BCUT2D eigenvalue weighted by Gasteiger charge is 2.45. The van der Waals surface area contributed by atoms with Gasteiger partial charge in [-0.2, -0.15) is 0 Å². The van der Waals surface area contributed by atoms with Crippen molar-refractivity contribution in [3.63, 3.8) is 0 Å². The van der Waals surface area contributed by atoms with Gasteiger partial charge in [-0.1, -0.05) is 32.4 Å². The Balaban J connectivity index is 1.68. The number of benzene rings is 2. The lowest BCUT2D eigenvalue weighted by Crippen LogP contribution is -2.31. The number of aliphatic hydroxyl groups is 1. The lowest BCUT2D eigenvalue weighted by Gasteiger charge is -2.26. The standard InChI is InChI=1S/C30H35N3O5/c1-3-5-19-38-25-9-6-8-23(20-25)27-26(28(34)22-10-12-24(13-11-22)37-18-4-2)29(35)30(36)33(27)16-7-15-32-17-14-31-21-32/h6,8-14,17,20-21,27,34H,3-5,7,15-16,18-19H2,1-2H3. The molecule has 38 heavy (non-hydrogen) atoms. The molecule has 1 aromatic heterocycles. The zero-order valence-electron chi connectivity index (χ0n) is 22.0. The number of amides is 1. The summed E-state index contributed by atoms with van der Waals surface area (Å²) in [5.74, 6) is -0.180. The minimum atomic E-state index is -0.733. The van der Waals surface area contributed by atoms with E-state index < -0.39 is 17.7 Å². The van der Waals surface area contributed by atoms with Crippen LogP contribution < -0.4 is 9.47 Å². The number of carbonyl (C=O) groups excluding carboxylic acids is 2. The summed E-state index contributed by atoms with van der Waals surface area (Å²) >= 11 is 0. The molecule has 2 aromatic carbocycles. The van der Waals surface area contributed by atoms with Crippen molar-refractivity contribution in [2.75, 3.05) is 19.8 Å². The Morgan fingerprint density at radius 1 is 0.947 bits per heavy atom. The molecule has 1 unspecified atom stereocenters. The second kappa shape index (κ2) is 12.9. The van der Waals surface area contributed by atoms with Crippen molar-refractivity contribution in [3.8, 4) is 11.5 Å². The van der Waals surface area contributed by atoms with Gasteiger partial charge >= 0.3 is 0 Å². The van der Waals surface area contributed by atoms with Crippen LogP contribution in [0.25, 0.3) is 5.76 Å². The van der Waals surface area contributed by atoms with E-state index in [1.165, 1.54) is 0 Å². The molecule has 0 radical (unpaired) electrons. The molecule has 8 heteroatoms. The van der Waals surface area contributed by atoms with Crippen LogP contribution in [0.1, 0.15) is 56.7 Å². The quantitative estimate of drug-likeness (QED) is 0.142. The first kappa shape index (κ1) is 27.0. The third kappa shape index (κ3) is 6.25. The Morgan fingerprint density at radius 2 is 1.74 bits per heavy atom. The number of hydrogen-bond acceptors (Lipinski definition) is 6. The van der Waals surface area contributed by atoms with Crippen molar-refractivity contribution in [3.05, 3.63) is 84.0 Å². The highest BCUT2D eigenvalue weighted by Crippen LogP contribution is 2.40. The number of carbonyl (C=O) groups is 2.